The van der Waals surface area contributed by atoms with Crippen molar-refractivity contribution in [1.29, 1.82) is 0 Å². The zero-order chi connectivity index (χ0) is 17.9. The minimum absolute atomic E-state index is 0.347. The van der Waals surface area contributed by atoms with E-state index in [4.69, 9.17) is 4.74 Å². The van der Waals surface area contributed by atoms with Crippen molar-refractivity contribution in [1.82, 2.24) is 0 Å². The van der Waals surface area contributed by atoms with Crippen molar-refractivity contribution < 1.29 is 19.7 Å². The molecule has 0 aliphatic heterocycles. The first kappa shape index (κ1) is 17.9. The summed E-state index contributed by atoms with van der Waals surface area (Å²) in [6.45, 7) is 8.27. The molecule has 0 bridgehead atoms. The van der Waals surface area contributed by atoms with Gasteiger partial charge in [0.15, 0.2) is 0 Å². The summed E-state index contributed by atoms with van der Waals surface area (Å²) in [7, 11) is 0. The fraction of sp³-hybridized carbons (Fsp3) is 0.250. The van der Waals surface area contributed by atoms with E-state index in [0.717, 1.165) is 11.1 Å². The molecule has 0 saturated carbocycles. The van der Waals surface area contributed by atoms with E-state index in [-0.39, 0.29) is 0 Å². The number of rotatable bonds is 5. The average Bonchev–Trinajstić information content (AvgIpc) is 2.54. The van der Waals surface area contributed by atoms with Crippen LogP contribution in [-0.4, -0.2) is 21.8 Å². The molecule has 0 spiro atoms. The maximum atomic E-state index is 11.5. The van der Waals surface area contributed by atoms with Crippen molar-refractivity contribution in [2.45, 2.75) is 32.5 Å². The molecule has 4 heteroatoms. The Kier molecular flexibility index (Phi) is 5.22. The van der Waals surface area contributed by atoms with Crippen LogP contribution in [0.4, 0.5) is 0 Å². The summed E-state index contributed by atoms with van der Waals surface area (Å²) in [6.07, 6.45) is -0.949. The molecule has 1 unspecified atom stereocenters. The minimum Gasteiger partial charge on any atom is -0.423 e. The molecule has 2 aromatic rings. The third-order valence-corrected chi connectivity index (χ3v) is 3.64. The van der Waals surface area contributed by atoms with E-state index >= 15 is 0 Å². The van der Waals surface area contributed by atoms with Gasteiger partial charge in [0.1, 0.15) is 11.9 Å². The highest BCUT2D eigenvalue weighted by Gasteiger charge is 2.25. The molecule has 0 aliphatic rings. The van der Waals surface area contributed by atoms with E-state index in [0.29, 0.717) is 16.9 Å². The van der Waals surface area contributed by atoms with Crippen LogP contribution in [0.3, 0.4) is 0 Å². The number of aliphatic hydroxyl groups excluding tert-OH is 1. The lowest BCUT2D eigenvalue weighted by atomic mass is 9.93. The van der Waals surface area contributed by atoms with Gasteiger partial charge in [0.05, 0.1) is 5.60 Å². The Morgan fingerprint density at radius 1 is 1.04 bits per heavy atom. The minimum atomic E-state index is -1.20. The van der Waals surface area contributed by atoms with Crippen molar-refractivity contribution in [3.63, 3.8) is 0 Å². The van der Waals surface area contributed by atoms with Crippen molar-refractivity contribution in [3.05, 3.63) is 66.2 Å². The molecule has 126 valence electrons. The largest absolute Gasteiger partial charge is 0.423 e. The van der Waals surface area contributed by atoms with Crippen LogP contribution in [0.1, 0.15) is 32.4 Å². The molecule has 2 rings (SSSR count). The zero-order valence-corrected chi connectivity index (χ0v) is 14.1. The van der Waals surface area contributed by atoms with Crippen LogP contribution in [0.15, 0.2) is 60.7 Å². The fourth-order valence-corrected chi connectivity index (χ4v) is 2.18. The molecule has 24 heavy (non-hydrogen) atoms. The second-order valence-electron chi connectivity index (χ2n) is 6.37. The number of carbonyl (C=O) groups excluding carboxylic acids is 1. The Hall–Kier alpha value is -2.43. The molecule has 2 N–H and O–H groups in total. The van der Waals surface area contributed by atoms with Crippen molar-refractivity contribution in [2.75, 3.05) is 0 Å². The highest BCUT2D eigenvalue weighted by Crippen LogP contribution is 2.28. The first-order valence-corrected chi connectivity index (χ1v) is 7.67. The number of aliphatic hydroxyl groups is 2. The van der Waals surface area contributed by atoms with Gasteiger partial charge in [-0.25, -0.2) is 4.79 Å². The summed E-state index contributed by atoms with van der Waals surface area (Å²) in [5.74, 6) is 0.00790. The van der Waals surface area contributed by atoms with Gasteiger partial charge in [-0.3, -0.25) is 0 Å². The van der Waals surface area contributed by atoms with Crippen LogP contribution in [0.25, 0.3) is 11.1 Å². The summed E-state index contributed by atoms with van der Waals surface area (Å²) >= 11 is 0. The number of ether oxygens (including phenoxy) is 1. The van der Waals surface area contributed by atoms with Crippen molar-refractivity contribution >= 4 is 5.97 Å². The molecule has 0 aromatic heterocycles. The summed E-state index contributed by atoms with van der Waals surface area (Å²) in [6, 6.07) is 14.5. The Balaban J connectivity index is 2.15. The SMILES string of the molecule is C=C(C)C(=O)Oc1ccc(-c2ccc(C(O)C(C)(C)O)cc2)cc1. The normalized spacial score (nSPS) is 12.5. The smallest absolute Gasteiger partial charge is 0.338 e. The first-order chi connectivity index (χ1) is 11.2. The Morgan fingerprint density at radius 3 is 1.92 bits per heavy atom. The summed E-state index contributed by atoms with van der Waals surface area (Å²) in [5.41, 5.74) is 1.71. The van der Waals surface area contributed by atoms with Gasteiger partial charge in [-0.2, -0.15) is 0 Å². The third-order valence-electron chi connectivity index (χ3n) is 3.64. The predicted molar refractivity (Wildman–Crippen MR) is 93.6 cm³/mol. The van der Waals surface area contributed by atoms with Crippen LogP contribution in [0, 0.1) is 0 Å². The summed E-state index contributed by atoms with van der Waals surface area (Å²) in [4.78, 5) is 11.5. The molecule has 0 saturated heterocycles. The zero-order valence-electron chi connectivity index (χ0n) is 14.1. The van der Waals surface area contributed by atoms with E-state index in [2.05, 4.69) is 6.58 Å². The second-order valence-corrected chi connectivity index (χ2v) is 6.37. The van der Waals surface area contributed by atoms with Gasteiger partial charge in [-0.15, -0.1) is 0 Å². The van der Waals surface area contributed by atoms with Gasteiger partial charge < -0.3 is 14.9 Å². The Labute approximate surface area is 142 Å². The van der Waals surface area contributed by atoms with E-state index < -0.39 is 17.7 Å². The first-order valence-electron chi connectivity index (χ1n) is 7.67. The lowest BCUT2D eigenvalue weighted by Gasteiger charge is -2.24. The van der Waals surface area contributed by atoms with Gasteiger partial charge in [-0.1, -0.05) is 43.0 Å². The second kappa shape index (κ2) is 6.99. The average molecular weight is 326 g/mol. The van der Waals surface area contributed by atoms with E-state index in [9.17, 15) is 15.0 Å². The number of benzene rings is 2. The number of hydrogen-bond donors (Lipinski definition) is 2. The molecule has 0 heterocycles. The monoisotopic (exact) mass is 326 g/mol. The van der Waals surface area contributed by atoms with E-state index in [1.165, 1.54) is 0 Å². The van der Waals surface area contributed by atoms with Crippen molar-refractivity contribution in [2.24, 2.45) is 0 Å². The van der Waals surface area contributed by atoms with Gasteiger partial charge in [0.25, 0.3) is 0 Å². The molecular formula is C20H22O4. The molecular weight excluding hydrogens is 304 g/mol. The lowest BCUT2D eigenvalue weighted by molar-refractivity contribution is -0.130. The van der Waals surface area contributed by atoms with Crippen LogP contribution in [-0.2, 0) is 4.79 Å². The maximum absolute atomic E-state index is 11.5. The van der Waals surface area contributed by atoms with Crippen LogP contribution in [0.2, 0.25) is 0 Å². The van der Waals surface area contributed by atoms with Crippen LogP contribution < -0.4 is 4.74 Å². The quantitative estimate of drug-likeness (QED) is 0.500. The number of carbonyl (C=O) groups is 1. The molecule has 0 fully saturated rings. The molecule has 1 atom stereocenters. The Bertz CT molecular complexity index is 722. The molecule has 0 radical (unpaired) electrons. The van der Waals surface area contributed by atoms with Gasteiger partial charge in [0.2, 0.25) is 0 Å². The van der Waals surface area contributed by atoms with Gasteiger partial charge >= 0.3 is 5.97 Å². The molecule has 2 aromatic carbocycles. The van der Waals surface area contributed by atoms with E-state index in [1.54, 1.807) is 45.0 Å². The lowest BCUT2D eigenvalue weighted by Crippen LogP contribution is -2.28. The Morgan fingerprint density at radius 2 is 1.50 bits per heavy atom. The number of esters is 1. The van der Waals surface area contributed by atoms with E-state index in [1.807, 2.05) is 24.3 Å². The number of hydrogen-bond acceptors (Lipinski definition) is 4. The summed E-state index contributed by atoms with van der Waals surface area (Å²) < 4.78 is 5.16. The highest BCUT2D eigenvalue weighted by atomic mass is 16.5. The van der Waals surface area contributed by atoms with Crippen LogP contribution in [0.5, 0.6) is 5.75 Å². The molecule has 0 amide bonds. The van der Waals surface area contributed by atoms with Gasteiger partial charge in [-0.05, 0) is 49.6 Å². The third kappa shape index (κ3) is 4.31. The highest BCUT2D eigenvalue weighted by molar-refractivity contribution is 5.88. The summed E-state index contributed by atoms with van der Waals surface area (Å²) in [5, 5.41) is 19.9. The van der Waals surface area contributed by atoms with Crippen LogP contribution >= 0.6 is 0 Å². The molecule has 0 aliphatic carbocycles. The molecule has 4 nitrogen and oxygen atoms in total. The van der Waals surface area contributed by atoms with Crippen molar-refractivity contribution in [3.8, 4) is 16.9 Å². The predicted octanol–water partition coefficient (Wildman–Crippen LogP) is 3.64. The standard InChI is InChI=1S/C20H22O4/c1-13(2)19(22)24-17-11-9-15(10-12-17)14-5-7-16(8-6-14)18(21)20(3,4)23/h5-12,18,21,23H,1H2,2-4H3. The maximum Gasteiger partial charge on any atom is 0.338 e. The fourth-order valence-electron chi connectivity index (χ4n) is 2.18. The van der Waals surface area contributed by atoms with Gasteiger partial charge in [0, 0.05) is 5.57 Å². The topological polar surface area (TPSA) is 66.8 Å².